The zero-order valence-electron chi connectivity index (χ0n) is 11.6. The van der Waals surface area contributed by atoms with Crippen LogP contribution in [0.3, 0.4) is 0 Å². The van der Waals surface area contributed by atoms with Gasteiger partial charge in [-0.2, -0.15) is 0 Å². The third kappa shape index (κ3) is 3.19. The molecule has 0 radical (unpaired) electrons. The van der Waals surface area contributed by atoms with Crippen LogP contribution in [0.2, 0.25) is 0 Å². The summed E-state index contributed by atoms with van der Waals surface area (Å²) in [6.07, 6.45) is 3.80. The Bertz CT molecular complexity index is 398. The van der Waals surface area contributed by atoms with Gasteiger partial charge >= 0.3 is 0 Å². The lowest BCUT2D eigenvalue weighted by molar-refractivity contribution is -0.0968. The zero-order valence-corrected chi connectivity index (χ0v) is 11.6. The summed E-state index contributed by atoms with van der Waals surface area (Å²) in [5.74, 6) is 2.13. The number of furan rings is 1. The summed E-state index contributed by atoms with van der Waals surface area (Å²) < 4.78 is 17.4. The van der Waals surface area contributed by atoms with Gasteiger partial charge in [-0.25, -0.2) is 0 Å². The van der Waals surface area contributed by atoms with Crippen LogP contribution in [-0.4, -0.2) is 43.4 Å². The van der Waals surface area contributed by atoms with E-state index >= 15 is 0 Å². The first-order valence-corrected chi connectivity index (χ1v) is 7.38. The molecule has 0 amide bonds. The molecule has 0 saturated carbocycles. The van der Waals surface area contributed by atoms with E-state index in [1.54, 1.807) is 0 Å². The average Bonchev–Trinajstić information content (AvgIpc) is 3.10. The Morgan fingerprint density at radius 1 is 1.16 bits per heavy atom. The van der Waals surface area contributed by atoms with Crippen LogP contribution in [0.15, 0.2) is 16.5 Å². The molecule has 0 aromatic carbocycles. The summed E-state index contributed by atoms with van der Waals surface area (Å²) >= 11 is 0. The minimum atomic E-state index is 0.233. The van der Waals surface area contributed by atoms with Gasteiger partial charge in [0.25, 0.3) is 0 Å². The van der Waals surface area contributed by atoms with E-state index in [4.69, 9.17) is 13.9 Å². The van der Waals surface area contributed by atoms with Crippen molar-refractivity contribution in [3.05, 3.63) is 23.7 Å². The Morgan fingerprint density at radius 3 is 2.74 bits per heavy atom. The molecule has 1 aromatic rings. The minimum absolute atomic E-state index is 0.233. The number of nitrogens with zero attached hydrogens (tertiary/aromatic N) is 1. The SMILES string of the molecule is CCc1ccc(CN2CCOC(C3CCCO3)C2)o1. The molecule has 3 heterocycles. The molecule has 0 N–H and O–H groups in total. The monoisotopic (exact) mass is 265 g/mol. The average molecular weight is 265 g/mol. The molecule has 2 aliphatic rings. The van der Waals surface area contributed by atoms with Crippen LogP contribution in [0.5, 0.6) is 0 Å². The largest absolute Gasteiger partial charge is 0.465 e. The molecule has 106 valence electrons. The van der Waals surface area contributed by atoms with E-state index in [1.807, 2.05) is 0 Å². The smallest absolute Gasteiger partial charge is 0.118 e. The second-order valence-corrected chi connectivity index (χ2v) is 5.42. The van der Waals surface area contributed by atoms with E-state index in [-0.39, 0.29) is 6.10 Å². The van der Waals surface area contributed by atoms with Gasteiger partial charge in [-0.1, -0.05) is 6.92 Å². The molecule has 4 heteroatoms. The first-order chi connectivity index (χ1) is 9.35. The van der Waals surface area contributed by atoms with E-state index in [0.29, 0.717) is 6.10 Å². The maximum Gasteiger partial charge on any atom is 0.118 e. The third-order valence-electron chi connectivity index (χ3n) is 4.00. The van der Waals surface area contributed by atoms with Crippen molar-refractivity contribution in [2.45, 2.75) is 44.9 Å². The van der Waals surface area contributed by atoms with E-state index in [2.05, 4.69) is 24.0 Å². The van der Waals surface area contributed by atoms with Gasteiger partial charge in [-0.3, -0.25) is 4.90 Å². The highest BCUT2D eigenvalue weighted by Crippen LogP contribution is 2.22. The number of rotatable bonds is 4. The van der Waals surface area contributed by atoms with Crippen LogP contribution in [0, 0.1) is 0 Å². The number of morpholine rings is 1. The number of ether oxygens (including phenoxy) is 2. The quantitative estimate of drug-likeness (QED) is 0.836. The molecular formula is C15H23NO3. The molecule has 2 aliphatic heterocycles. The van der Waals surface area contributed by atoms with Crippen LogP contribution >= 0.6 is 0 Å². The summed E-state index contributed by atoms with van der Waals surface area (Å²) in [6.45, 7) is 6.62. The van der Waals surface area contributed by atoms with Crippen molar-refractivity contribution in [3.8, 4) is 0 Å². The van der Waals surface area contributed by atoms with E-state index < -0.39 is 0 Å². The summed E-state index contributed by atoms with van der Waals surface area (Å²) in [5.41, 5.74) is 0. The van der Waals surface area contributed by atoms with E-state index in [1.165, 1.54) is 6.42 Å². The molecule has 4 nitrogen and oxygen atoms in total. The maximum atomic E-state index is 5.86. The fraction of sp³-hybridized carbons (Fsp3) is 0.733. The van der Waals surface area contributed by atoms with Crippen LogP contribution < -0.4 is 0 Å². The first-order valence-electron chi connectivity index (χ1n) is 7.38. The Balaban J connectivity index is 1.55. The summed E-state index contributed by atoms with van der Waals surface area (Å²) in [5, 5.41) is 0. The van der Waals surface area contributed by atoms with Gasteiger partial charge in [0, 0.05) is 26.1 Å². The molecular weight excluding hydrogens is 242 g/mol. The molecule has 0 spiro atoms. The fourth-order valence-corrected chi connectivity index (χ4v) is 2.91. The molecule has 2 atom stereocenters. The van der Waals surface area contributed by atoms with Gasteiger partial charge in [-0.15, -0.1) is 0 Å². The van der Waals surface area contributed by atoms with Gasteiger partial charge in [0.1, 0.15) is 11.5 Å². The Kier molecular flexibility index (Phi) is 4.21. The van der Waals surface area contributed by atoms with Gasteiger partial charge in [-0.05, 0) is 25.0 Å². The number of hydrogen-bond donors (Lipinski definition) is 0. The van der Waals surface area contributed by atoms with Crippen LogP contribution in [0.1, 0.15) is 31.3 Å². The second-order valence-electron chi connectivity index (χ2n) is 5.42. The standard InChI is InChI=1S/C15H23NO3/c1-2-12-5-6-13(19-12)10-16-7-9-18-15(11-16)14-4-3-8-17-14/h5-6,14-15H,2-4,7-11H2,1H3. The van der Waals surface area contributed by atoms with Gasteiger partial charge in [0.15, 0.2) is 0 Å². The highest BCUT2D eigenvalue weighted by atomic mass is 16.5. The first kappa shape index (κ1) is 13.2. The number of hydrogen-bond acceptors (Lipinski definition) is 4. The molecule has 0 bridgehead atoms. The van der Waals surface area contributed by atoms with Crippen molar-refractivity contribution in [3.63, 3.8) is 0 Å². The fourth-order valence-electron chi connectivity index (χ4n) is 2.91. The normalized spacial score (nSPS) is 28.9. The topological polar surface area (TPSA) is 34.8 Å². The predicted molar refractivity (Wildman–Crippen MR) is 72.1 cm³/mol. The third-order valence-corrected chi connectivity index (χ3v) is 4.00. The van der Waals surface area contributed by atoms with Crippen molar-refractivity contribution >= 4 is 0 Å². The van der Waals surface area contributed by atoms with Crippen molar-refractivity contribution in [1.29, 1.82) is 0 Å². The van der Waals surface area contributed by atoms with Crippen molar-refractivity contribution in [1.82, 2.24) is 4.90 Å². The van der Waals surface area contributed by atoms with E-state index in [0.717, 1.165) is 57.2 Å². The predicted octanol–water partition coefficient (Wildman–Crippen LogP) is 2.22. The Labute approximate surface area is 114 Å². The molecule has 2 fully saturated rings. The Hall–Kier alpha value is -0.840. The van der Waals surface area contributed by atoms with Gasteiger partial charge in [0.05, 0.1) is 25.4 Å². The van der Waals surface area contributed by atoms with Crippen LogP contribution in [0.4, 0.5) is 0 Å². The molecule has 1 aromatic heterocycles. The van der Waals surface area contributed by atoms with Crippen molar-refractivity contribution < 1.29 is 13.9 Å². The van der Waals surface area contributed by atoms with Crippen LogP contribution in [0.25, 0.3) is 0 Å². The van der Waals surface area contributed by atoms with Crippen LogP contribution in [-0.2, 0) is 22.4 Å². The second kappa shape index (κ2) is 6.07. The molecule has 0 aliphatic carbocycles. The van der Waals surface area contributed by atoms with E-state index in [9.17, 15) is 0 Å². The summed E-state index contributed by atoms with van der Waals surface area (Å²) in [4.78, 5) is 2.41. The highest BCUT2D eigenvalue weighted by molar-refractivity contribution is 5.07. The Morgan fingerprint density at radius 2 is 2.00 bits per heavy atom. The molecule has 19 heavy (non-hydrogen) atoms. The zero-order chi connectivity index (χ0) is 13.1. The lowest BCUT2D eigenvalue weighted by atomic mass is 10.1. The molecule has 3 rings (SSSR count). The molecule has 2 saturated heterocycles. The summed E-state index contributed by atoms with van der Waals surface area (Å²) in [7, 11) is 0. The summed E-state index contributed by atoms with van der Waals surface area (Å²) in [6, 6.07) is 4.17. The number of aryl methyl sites for hydroxylation is 1. The van der Waals surface area contributed by atoms with Crippen molar-refractivity contribution in [2.75, 3.05) is 26.3 Å². The maximum absolute atomic E-state index is 5.86. The van der Waals surface area contributed by atoms with Gasteiger partial charge in [0.2, 0.25) is 0 Å². The lowest BCUT2D eigenvalue weighted by Crippen LogP contribution is -2.47. The molecule has 2 unspecified atom stereocenters. The minimum Gasteiger partial charge on any atom is -0.465 e. The lowest BCUT2D eigenvalue weighted by Gasteiger charge is -2.34. The van der Waals surface area contributed by atoms with Crippen molar-refractivity contribution in [2.24, 2.45) is 0 Å². The van der Waals surface area contributed by atoms with Gasteiger partial charge < -0.3 is 13.9 Å². The highest BCUT2D eigenvalue weighted by Gasteiger charge is 2.31.